The van der Waals surface area contributed by atoms with Crippen LogP contribution in [-0.2, 0) is 4.74 Å². The van der Waals surface area contributed by atoms with Crippen LogP contribution in [0.4, 0.5) is 5.00 Å². The molecule has 1 unspecified atom stereocenters. The second-order valence-electron chi connectivity index (χ2n) is 7.19. The number of benzene rings is 1. The molecule has 3 rings (SSSR count). The Bertz CT molecular complexity index is 982. The van der Waals surface area contributed by atoms with Crippen molar-refractivity contribution in [3.8, 4) is 0 Å². The summed E-state index contributed by atoms with van der Waals surface area (Å²) in [7, 11) is 1.64. The fourth-order valence-electron chi connectivity index (χ4n) is 3.35. The molecule has 1 atom stereocenters. The first-order valence-electron chi connectivity index (χ1n) is 9.34. The van der Waals surface area contributed by atoms with Crippen LogP contribution in [0.2, 0.25) is 5.02 Å². The van der Waals surface area contributed by atoms with Crippen LogP contribution in [0.1, 0.15) is 35.4 Å². The molecule has 154 valence electrons. The van der Waals surface area contributed by atoms with Crippen LogP contribution in [0.3, 0.4) is 0 Å². The number of amidine groups is 2. The van der Waals surface area contributed by atoms with Crippen molar-refractivity contribution >= 4 is 45.3 Å². The van der Waals surface area contributed by atoms with Gasteiger partial charge in [0.15, 0.2) is 5.66 Å². The van der Waals surface area contributed by atoms with E-state index in [2.05, 4.69) is 19.2 Å². The molecule has 3 N–H and O–H groups in total. The van der Waals surface area contributed by atoms with E-state index in [1.807, 2.05) is 31.2 Å². The lowest BCUT2D eigenvalue weighted by Crippen LogP contribution is -2.56. The highest BCUT2D eigenvalue weighted by atomic mass is 35.5. The van der Waals surface area contributed by atoms with E-state index in [-0.39, 0.29) is 11.7 Å². The quantitative estimate of drug-likeness (QED) is 0.367. The van der Waals surface area contributed by atoms with E-state index in [1.54, 1.807) is 30.3 Å². The smallest absolute Gasteiger partial charge is 0.166 e. The molecule has 0 saturated carbocycles. The van der Waals surface area contributed by atoms with Crippen LogP contribution in [0.15, 0.2) is 29.3 Å². The highest BCUT2D eigenvalue weighted by molar-refractivity contribution is 7.17. The molecule has 0 saturated heterocycles. The maximum absolute atomic E-state index is 8.96. The van der Waals surface area contributed by atoms with Gasteiger partial charge in [-0.2, -0.15) is 0 Å². The van der Waals surface area contributed by atoms with Crippen molar-refractivity contribution in [3.63, 3.8) is 0 Å². The van der Waals surface area contributed by atoms with Crippen LogP contribution in [0.5, 0.6) is 0 Å². The van der Waals surface area contributed by atoms with Gasteiger partial charge in [-0.1, -0.05) is 23.7 Å². The second-order valence-corrected chi connectivity index (χ2v) is 8.83. The van der Waals surface area contributed by atoms with Gasteiger partial charge in [0.2, 0.25) is 0 Å². The summed E-state index contributed by atoms with van der Waals surface area (Å²) in [5.74, 6) is 0.498. The molecular formula is C21H26ClN5OS. The summed E-state index contributed by atoms with van der Waals surface area (Å²) in [6.45, 7) is 8.73. The maximum atomic E-state index is 8.96. The minimum absolute atomic E-state index is 0.215. The first-order chi connectivity index (χ1) is 13.7. The monoisotopic (exact) mass is 431 g/mol. The van der Waals surface area contributed by atoms with Gasteiger partial charge in [-0.15, -0.1) is 11.3 Å². The third-order valence-corrected chi connectivity index (χ3v) is 6.50. The normalized spacial score (nSPS) is 19.0. The summed E-state index contributed by atoms with van der Waals surface area (Å²) in [4.78, 5) is 7.89. The number of nitrogens with zero attached hydrogens (tertiary/aromatic N) is 2. The van der Waals surface area contributed by atoms with Crippen LogP contribution < -0.4 is 10.2 Å². The standard InChI is InChI=1S/C21H26ClN5OS/c1-12-13(2)29-19-17(12)18(15-6-8-16(22)9-7-15)26-21(4,25-10-11-28-5)20(24)27(19)14(3)23/h6-9,23-25H,10-11H2,1-5H3. The van der Waals surface area contributed by atoms with Gasteiger partial charge in [0.05, 0.1) is 12.3 Å². The maximum Gasteiger partial charge on any atom is 0.166 e. The van der Waals surface area contributed by atoms with Gasteiger partial charge in [0.1, 0.15) is 16.7 Å². The fraction of sp³-hybridized carbons (Fsp3) is 0.381. The third-order valence-electron chi connectivity index (χ3n) is 5.06. The van der Waals surface area contributed by atoms with E-state index in [4.69, 9.17) is 32.1 Å². The van der Waals surface area contributed by atoms with Gasteiger partial charge in [-0.05, 0) is 45.4 Å². The van der Waals surface area contributed by atoms with Crippen LogP contribution >= 0.6 is 22.9 Å². The predicted molar refractivity (Wildman–Crippen MR) is 123 cm³/mol. The first kappa shape index (κ1) is 21.6. The van der Waals surface area contributed by atoms with E-state index in [1.165, 1.54) is 0 Å². The lowest BCUT2D eigenvalue weighted by Gasteiger charge is -2.32. The minimum Gasteiger partial charge on any atom is -0.383 e. The zero-order valence-electron chi connectivity index (χ0n) is 17.3. The number of halogens is 1. The summed E-state index contributed by atoms with van der Waals surface area (Å²) in [5.41, 5.74) is 2.77. The lowest BCUT2D eigenvalue weighted by atomic mass is 9.99. The molecule has 2 aromatic rings. The van der Waals surface area contributed by atoms with Crippen molar-refractivity contribution in [3.05, 3.63) is 50.9 Å². The molecule has 1 aromatic carbocycles. The Labute approximate surface area is 180 Å². The fourth-order valence-corrected chi connectivity index (χ4v) is 4.70. The predicted octanol–water partition coefficient (Wildman–Crippen LogP) is 4.60. The highest BCUT2D eigenvalue weighted by Gasteiger charge is 2.40. The van der Waals surface area contributed by atoms with Crippen molar-refractivity contribution in [1.29, 1.82) is 10.8 Å². The van der Waals surface area contributed by atoms with Crippen molar-refractivity contribution in [1.82, 2.24) is 5.32 Å². The van der Waals surface area contributed by atoms with Crippen LogP contribution in [0, 0.1) is 24.7 Å². The van der Waals surface area contributed by atoms with E-state index in [0.717, 1.165) is 32.3 Å². The van der Waals surface area contributed by atoms with Crippen molar-refractivity contribution in [2.24, 2.45) is 4.99 Å². The largest absolute Gasteiger partial charge is 0.383 e. The average molecular weight is 432 g/mol. The Hall–Kier alpha value is -2.06. The SMILES string of the molecule is COCCNC1(C)N=C(c2ccc(Cl)cc2)c2c(sc(C)c2C)N(C(C)=N)C1=N. The molecule has 0 radical (unpaired) electrons. The van der Waals surface area contributed by atoms with E-state index >= 15 is 0 Å². The number of thiophene rings is 1. The molecule has 0 bridgehead atoms. The molecule has 1 aromatic heterocycles. The van der Waals surface area contributed by atoms with Gasteiger partial charge in [-0.3, -0.25) is 26.0 Å². The molecule has 8 heteroatoms. The first-order valence-corrected chi connectivity index (χ1v) is 10.5. The number of hydrogen-bond donors (Lipinski definition) is 3. The summed E-state index contributed by atoms with van der Waals surface area (Å²) in [6.07, 6.45) is 0. The zero-order chi connectivity index (χ0) is 21.3. The summed E-state index contributed by atoms with van der Waals surface area (Å²) in [6, 6.07) is 7.59. The Kier molecular flexibility index (Phi) is 6.24. The molecule has 0 fully saturated rings. The van der Waals surface area contributed by atoms with Gasteiger partial charge < -0.3 is 4.74 Å². The van der Waals surface area contributed by atoms with Gasteiger partial charge >= 0.3 is 0 Å². The van der Waals surface area contributed by atoms with E-state index < -0.39 is 5.66 Å². The topological polar surface area (TPSA) is 84.6 Å². The van der Waals surface area contributed by atoms with E-state index in [9.17, 15) is 0 Å². The number of hydrogen-bond acceptors (Lipinski definition) is 6. The van der Waals surface area contributed by atoms with Gasteiger partial charge in [-0.25, -0.2) is 0 Å². The third kappa shape index (κ3) is 4.00. The number of fused-ring (bicyclic) bond motifs is 1. The van der Waals surface area contributed by atoms with E-state index in [0.29, 0.717) is 18.2 Å². The van der Waals surface area contributed by atoms with Crippen molar-refractivity contribution in [2.75, 3.05) is 25.2 Å². The van der Waals surface area contributed by atoms with Gasteiger partial charge in [0.25, 0.3) is 0 Å². The van der Waals surface area contributed by atoms with Crippen molar-refractivity contribution in [2.45, 2.75) is 33.4 Å². The van der Waals surface area contributed by atoms with Crippen LogP contribution in [0.25, 0.3) is 0 Å². The molecule has 2 heterocycles. The Morgan fingerprint density at radius 1 is 1.31 bits per heavy atom. The number of rotatable bonds is 5. The summed E-state index contributed by atoms with van der Waals surface area (Å²) < 4.78 is 5.18. The molecule has 0 amide bonds. The second kappa shape index (κ2) is 8.36. The molecule has 0 aliphatic carbocycles. The Morgan fingerprint density at radius 2 is 1.97 bits per heavy atom. The molecular weight excluding hydrogens is 406 g/mol. The number of ether oxygens (including phenoxy) is 1. The molecule has 1 aliphatic rings. The number of anilines is 1. The number of nitrogens with one attached hydrogen (secondary N) is 3. The Morgan fingerprint density at radius 3 is 2.55 bits per heavy atom. The molecule has 6 nitrogen and oxygen atoms in total. The lowest BCUT2D eigenvalue weighted by molar-refractivity contribution is 0.193. The average Bonchev–Trinajstić information content (AvgIpc) is 2.90. The van der Waals surface area contributed by atoms with Crippen molar-refractivity contribution < 1.29 is 4.74 Å². The number of aryl methyl sites for hydroxylation is 1. The highest BCUT2D eigenvalue weighted by Crippen LogP contribution is 2.41. The molecule has 29 heavy (non-hydrogen) atoms. The van der Waals surface area contributed by atoms with Gasteiger partial charge in [0, 0.05) is 34.7 Å². The summed E-state index contributed by atoms with van der Waals surface area (Å²) in [5, 5.41) is 22.2. The number of methoxy groups -OCH3 is 1. The molecule has 0 spiro atoms. The Balaban J connectivity index is 2.28. The number of aliphatic imine (C=N–C) groups is 1. The minimum atomic E-state index is -1.02. The molecule has 1 aliphatic heterocycles. The summed E-state index contributed by atoms with van der Waals surface area (Å²) >= 11 is 7.70. The van der Waals surface area contributed by atoms with Crippen LogP contribution in [-0.4, -0.2) is 43.3 Å². The zero-order valence-corrected chi connectivity index (χ0v) is 18.9.